The van der Waals surface area contributed by atoms with Crippen molar-refractivity contribution in [2.45, 2.75) is 50.3 Å². The van der Waals surface area contributed by atoms with Gasteiger partial charge in [-0.2, -0.15) is 5.10 Å². The number of fused-ring (bicyclic) bond motifs is 1. The molecule has 6 heteroatoms. The van der Waals surface area contributed by atoms with Crippen molar-refractivity contribution >= 4 is 23.5 Å². The van der Waals surface area contributed by atoms with Gasteiger partial charge in [-0.1, -0.05) is 31.4 Å². The monoisotopic (exact) mass is 359 g/mol. The van der Waals surface area contributed by atoms with Gasteiger partial charge < -0.3 is 5.32 Å². The highest BCUT2D eigenvalue weighted by Crippen LogP contribution is 2.44. The number of amides is 1. The highest BCUT2D eigenvalue weighted by Gasteiger charge is 2.32. The van der Waals surface area contributed by atoms with Gasteiger partial charge in [0.1, 0.15) is 11.6 Å². The summed E-state index contributed by atoms with van der Waals surface area (Å²) in [7, 11) is 0. The zero-order chi connectivity index (χ0) is 17.4. The van der Waals surface area contributed by atoms with Crippen LogP contribution in [0, 0.1) is 12.7 Å². The van der Waals surface area contributed by atoms with E-state index in [0.717, 1.165) is 35.5 Å². The van der Waals surface area contributed by atoms with Crippen LogP contribution in [0.1, 0.15) is 60.2 Å². The fourth-order valence-corrected chi connectivity index (χ4v) is 5.09. The third-order valence-corrected chi connectivity index (χ3v) is 6.40. The summed E-state index contributed by atoms with van der Waals surface area (Å²) in [6.07, 6.45) is 5.92. The zero-order valence-corrected chi connectivity index (χ0v) is 15.1. The van der Waals surface area contributed by atoms with E-state index in [1.807, 2.05) is 23.7 Å². The standard InChI is InChI=1S/C19H22FN3OS/c1-12-17-18(13-7-9-14(20)10-8-13)25-11-16(24)21-19(17)23(22-12)15-5-3-2-4-6-15/h7-10,15,18H,2-6,11H2,1H3,(H,21,24). The summed E-state index contributed by atoms with van der Waals surface area (Å²) >= 11 is 1.58. The average molecular weight is 359 g/mol. The maximum Gasteiger partial charge on any atom is 0.235 e. The zero-order valence-electron chi connectivity index (χ0n) is 14.3. The van der Waals surface area contributed by atoms with Crippen molar-refractivity contribution in [3.05, 3.63) is 46.9 Å². The lowest BCUT2D eigenvalue weighted by Gasteiger charge is -2.24. The molecule has 0 bridgehead atoms. The molecule has 4 nitrogen and oxygen atoms in total. The van der Waals surface area contributed by atoms with E-state index >= 15 is 0 Å². The summed E-state index contributed by atoms with van der Waals surface area (Å²) in [5.74, 6) is 0.994. The van der Waals surface area contributed by atoms with Crippen LogP contribution in [0.4, 0.5) is 10.2 Å². The first-order valence-electron chi connectivity index (χ1n) is 8.89. The van der Waals surface area contributed by atoms with E-state index in [-0.39, 0.29) is 17.0 Å². The topological polar surface area (TPSA) is 46.9 Å². The van der Waals surface area contributed by atoms with Gasteiger partial charge in [0.2, 0.25) is 5.91 Å². The minimum absolute atomic E-state index is 0.00724. The molecule has 1 unspecified atom stereocenters. The van der Waals surface area contributed by atoms with E-state index in [9.17, 15) is 9.18 Å². The number of aromatic nitrogens is 2. The van der Waals surface area contributed by atoms with Crippen molar-refractivity contribution in [2.75, 3.05) is 11.1 Å². The van der Waals surface area contributed by atoms with Crippen molar-refractivity contribution < 1.29 is 9.18 Å². The highest BCUT2D eigenvalue weighted by molar-refractivity contribution is 8.00. The van der Waals surface area contributed by atoms with Crippen molar-refractivity contribution in [2.24, 2.45) is 0 Å². The number of carbonyl (C=O) groups is 1. The summed E-state index contributed by atoms with van der Waals surface area (Å²) in [6, 6.07) is 6.94. The van der Waals surface area contributed by atoms with Gasteiger partial charge in [0.15, 0.2) is 0 Å². The van der Waals surface area contributed by atoms with Crippen LogP contribution in [0.3, 0.4) is 0 Å². The van der Waals surface area contributed by atoms with E-state index in [1.165, 1.54) is 31.4 Å². The Bertz CT molecular complexity index is 781. The van der Waals surface area contributed by atoms with Crippen LogP contribution in [0.2, 0.25) is 0 Å². The molecule has 2 aromatic rings. The average Bonchev–Trinajstić information content (AvgIpc) is 2.83. The molecule has 0 spiro atoms. The predicted octanol–water partition coefficient (Wildman–Crippen LogP) is 4.61. The van der Waals surface area contributed by atoms with Gasteiger partial charge in [-0.3, -0.25) is 4.79 Å². The first kappa shape index (κ1) is 16.6. The van der Waals surface area contributed by atoms with Gasteiger partial charge in [0, 0.05) is 5.56 Å². The van der Waals surface area contributed by atoms with Gasteiger partial charge >= 0.3 is 0 Å². The number of rotatable bonds is 2. The second-order valence-corrected chi connectivity index (χ2v) is 7.97. The number of halogens is 1. The maximum atomic E-state index is 13.3. The maximum absolute atomic E-state index is 13.3. The van der Waals surface area contributed by atoms with Gasteiger partial charge in [-0.05, 0) is 37.5 Å². The van der Waals surface area contributed by atoms with Crippen LogP contribution in [0.15, 0.2) is 24.3 Å². The Morgan fingerprint density at radius 3 is 2.64 bits per heavy atom. The Kier molecular flexibility index (Phi) is 4.54. The summed E-state index contributed by atoms with van der Waals surface area (Å²) in [5.41, 5.74) is 3.02. The smallest absolute Gasteiger partial charge is 0.235 e. The van der Waals surface area contributed by atoms with E-state index in [1.54, 1.807) is 11.8 Å². The summed E-state index contributed by atoms with van der Waals surface area (Å²) in [6.45, 7) is 2.01. The van der Waals surface area contributed by atoms with Crippen molar-refractivity contribution in [3.63, 3.8) is 0 Å². The largest absolute Gasteiger partial charge is 0.310 e. The second kappa shape index (κ2) is 6.83. The Morgan fingerprint density at radius 2 is 1.92 bits per heavy atom. The quantitative estimate of drug-likeness (QED) is 0.852. The molecule has 2 aliphatic rings. The van der Waals surface area contributed by atoms with Gasteiger partial charge in [-0.25, -0.2) is 9.07 Å². The van der Waals surface area contributed by atoms with Crippen LogP contribution >= 0.6 is 11.8 Å². The molecular weight excluding hydrogens is 337 g/mol. The van der Waals surface area contributed by atoms with Crippen LogP contribution in [-0.4, -0.2) is 21.4 Å². The predicted molar refractivity (Wildman–Crippen MR) is 98.4 cm³/mol. The van der Waals surface area contributed by atoms with Crippen LogP contribution < -0.4 is 5.32 Å². The molecule has 1 aliphatic carbocycles. The van der Waals surface area contributed by atoms with E-state index in [4.69, 9.17) is 5.10 Å². The number of thioether (sulfide) groups is 1. The number of carbonyl (C=O) groups excluding carboxylic acids is 1. The van der Waals surface area contributed by atoms with E-state index in [0.29, 0.717) is 11.8 Å². The number of hydrogen-bond donors (Lipinski definition) is 1. The molecule has 2 heterocycles. The molecule has 1 fully saturated rings. The number of nitrogens with one attached hydrogen (secondary N) is 1. The number of nitrogens with zero attached hydrogens (tertiary/aromatic N) is 2. The molecule has 1 N–H and O–H groups in total. The van der Waals surface area contributed by atoms with E-state index in [2.05, 4.69) is 5.32 Å². The van der Waals surface area contributed by atoms with Gasteiger partial charge in [0.25, 0.3) is 0 Å². The molecule has 1 amide bonds. The lowest BCUT2D eigenvalue weighted by atomic mass is 9.95. The fraction of sp³-hybridized carbons (Fsp3) is 0.474. The molecule has 1 aliphatic heterocycles. The Balaban J connectivity index is 1.79. The van der Waals surface area contributed by atoms with Crippen molar-refractivity contribution in [3.8, 4) is 0 Å². The summed E-state index contributed by atoms with van der Waals surface area (Å²) in [4.78, 5) is 12.3. The SMILES string of the molecule is Cc1nn(C2CCCCC2)c2c1C(c1ccc(F)cc1)SCC(=O)N2. The number of anilines is 1. The Labute approximate surface area is 151 Å². The lowest BCUT2D eigenvalue weighted by Crippen LogP contribution is -2.20. The normalized spacial score (nSPS) is 21.5. The number of aryl methyl sites for hydroxylation is 1. The summed E-state index contributed by atoms with van der Waals surface area (Å²) in [5, 5.41) is 7.88. The van der Waals surface area contributed by atoms with Gasteiger partial charge in [0.05, 0.1) is 22.7 Å². The molecular formula is C19H22FN3OS. The molecule has 0 radical (unpaired) electrons. The Hall–Kier alpha value is -1.82. The highest BCUT2D eigenvalue weighted by atomic mass is 32.2. The summed E-state index contributed by atoms with van der Waals surface area (Å²) < 4.78 is 15.4. The minimum atomic E-state index is -0.244. The molecule has 1 aromatic heterocycles. The lowest BCUT2D eigenvalue weighted by molar-refractivity contribution is -0.113. The molecule has 1 atom stereocenters. The molecule has 1 saturated carbocycles. The molecule has 1 aromatic carbocycles. The molecule has 0 saturated heterocycles. The van der Waals surface area contributed by atoms with Gasteiger partial charge in [-0.15, -0.1) is 11.8 Å². The number of hydrogen-bond acceptors (Lipinski definition) is 3. The van der Waals surface area contributed by atoms with Crippen LogP contribution in [0.5, 0.6) is 0 Å². The molecule has 132 valence electrons. The third kappa shape index (κ3) is 3.19. The Morgan fingerprint density at radius 1 is 1.20 bits per heavy atom. The van der Waals surface area contributed by atoms with Crippen LogP contribution in [0.25, 0.3) is 0 Å². The first-order chi connectivity index (χ1) is 12.1. The van der Waals surface area contributed by atoms with Crippen molar-refractivity contribution in [1.82, 2.24) is 9.78 Å². The number of benzene rings is 1. The first-order valence-corrected chi connectivity index (χ1v) is 9.94. The fourth-order valence-electron chi connectivity index (χ4n) is 3.90. The van der Waals surface area contributed by atoms with E-state index < -0.39 is 0 Å². The third-order valence-electron chi connectivity index (χ3n) is 5.13. The minimum Gasteiger partial charge on any atom is -0.310 e. The second-order valence-electron chi connectivity index (χ2n) is 6.87. The van der Waals surface area contributed by atoms with Crippen molar-refractivity contribution in [1.29, 1.82) is 0 Å². The molecule has 25 heavy (non-hydrogen) atoms. The molecule has 4 rings (SSSR count). The van der Waals surface area contributed by atoms with Crippen LogP contribution in [-0.2, 0) is 4.79 Å².